The molecule has 0 heterocycles. The second-order valence-corrected chi connectivity index (χ2v) is 20.3. The topological polar surface area (TPSA) is 27.7 Å². The monoisotopic (exact) mass is 820 g/mol. The van der Waals surface area contributed by atoms with E-state index >= 15 is 0 Å². The van der Waals surface area contributed by atoms with Crippen molar-refractivity contribution in [3.05, 3.63) is 54.1 Å². The zero-order chi connectivity index (χ0) is 42.2. The van der Waals surface area contributed by atoms with Crippen molar-refractivity contribution in [2.45, 2.75) is 141 Å². The zero-order valence-corrected chi connectivity index (χ0v) is 33.0. The lowest BCUT2D eigenvalue weighted by atomic mass is 9.92. The van der Waals surface area contributed by atoms with Crippen LogP contribution >= 0.6 is 0 Å². The minimum Gasteiger partial charge on any atom is -0.494 e. The number of allylic oxidation sites excluding steroid dienone is 3. The van der Waals surface area contributed by atoms with Gasteiger partial charge in [0, 0.05) is 13.0 Å². The Morgan fingerprint density at radius 2 is 1.20 bits per heavy atom. The van der Waals surface area contributed by atoms with Crippen LogP contribution in [0.1, 0.15) is 79.7 Å². The summed E-state index contributed by atoms with van der Waals surface area (Å²) in [6, 6.07) is 5.77. The first-order chi connectivity index (χ1) is 24.2. The van der Waals surface area contributed by atoms with Crippen molar-refractivity contribution in [3.63, 3.8) is 0 Å². The Balaban J connectivity index is 2.56. The van der Waals surface area contributed by atoms with Gasteiger partial charge in [-0.25, -0.2) is 0 Å². The Bertz CT molecular complexity index is 1340. The molecular weight excluding hydrogens is 767 g/mol. The normalized spacial score (nSPS) is 16.9. The highest BCUT2D eigenvalue weighted by Crippen LogP contribution is 2.60. The summed E-state index contributed by atoms with van der Waals surface area (Å²) in [5.41, 5.74) is 0.665. The van der Waals surface area contributed by atoms with Gasteiger partial charge in [0.05, 0.1) is 19.3 Å². The molecule has 0 bridgehead atoms. The molecule has 0 unspecified atom stereocenters. The molecule has 0 aliphatic rings. The first-order valence-electron chi connectivity index (χ1n) is 17.5. The molecule has 0 aliphatic heterocycles. The van der Waals surface area contributed by atoms with Crippen LogP contribution in [0, 0.1) is 17.8 Å². The number of rotatable bonds is 22. The van der Waals surface area contributed by atoms with Gasteiger partial charge in [-0.3, -0.25) is 0 Å². The predicted octanol–water partition coefficient (Wildman–Crippen LogP) is 13.3. The molecule has 0 saturated heterocycles. The van der Waals surface area contributed by atoms with Gasteiger partial charge in [0.15, 0.2) is 8.32 Å². The van der Waals surface area contributed by atoms with Crippen molar-refractivity contribution in [2.24, 2.45) is 17.8 Å². The predicted molar refractivity (Wildman–Crippen MR) is 184 cm³/mol. The molecule has 0 fully saturated rings. The van der Waals surface area contributed by atoms with E-state index in [9.17, 15) is 57.1 Å². The number of halogens is 13. The third-order valence-corrected chi connectivity index (χ3v) is 14.1. The summed E-state index contributed by atoms with van der Waals surface area (Å²) in [6.07, 6.45) is -0.789. The smallest absolute Gasteiger partial charge is 0.460 e. The molecular formula is C37H53F13O3Si. The molecule has 1 rings (SSSR count). The van der Waals surface area contributed by atoms with Crippen LogP contribution in [0.25, 0.3) is 0 Å². The van der Waals surface area contributed by atoms with Crippen molar-refractivity contribution in [1.29, 1.82) is 0 Å². The molecule has 0 radical (unpaired) electrons. The third-order valence-electron chi connectivity index (χ3n) is 9.56. The van der Waals surface area contributed by atoms with Crippen molar-refractivity contribution in [2.75, 3.05) is 13.2 Å². The molecule has 17 heteroatoms. The maximum atomic E-state index is 14.0. The fraction of sp³-hybridized carbons (Fsp3) is 0.730. The second-order valence-electron chi connectivity index (χ2n) is 15.5. The van der Waals surface area contributed by atoms with E-state index in [1.807, 2.05) is 13.8 Å². The molecule has 0 aliphatic carbocycles. The molecule has 0 N–H and O–H groups in total. The lowest BCUT2D eigenvalue weighted by molar-refractivity contribution is -0.440. The first-order valence-corrected chi connectivity index (χ1v) is 20.4. The number of hydrogen-bond acceptors (Lipinski definition) is 3. The highest BCUT2D eigenvalue weighted by atomic mass is 28.4. The highest BCUT2D eigenvalue weighted by Gasteiger charge is 2.90. The molecule has 4 atom stereocenters. The summed E-state index contributed by atoms with van der Waals surface area (Å²) >= 11 is 0. The Morgan fingerprint density at radius 1 is 0.685 bits per heavy atom. The molecule has 1 aromatic rings. The van der Waals surface area contributed by atoms with Gasteiger partial charge < -0.3 is 13.9 Å². The molecule has 314 valence electrons. The molecule has 0 aromatic heterocycles. The summed E-state index contributed by atoms with van der Waals surface area (Å²) in [5, 5.41) is 0.169. The molecule has 1 aromatic carbocycles. The van der Waals surface area contributed by atoms with E-state index in [1.54, 1.807) is 0 Å². The summed E-state index contributed by atoms with van der Waals surface area (Å²) in [5.74, 6) is -36.0. The van der Waals surface area contributed by atoms with E-state index in [0.29, 0.717) is 17.4 Å². The van der Waals surface area contributed by atoms with E-state index in [0.717, 1.165) is 19.4 Å². The molecule has 3 nitrogen and oxygen atoms in total. The van der Waals surface area contributed by atoms with Crippen molar-refractivity contribution in [1.82, 2.24) is 0 Å². The quantitative estimate of drug-likeness (QED) is 0.0505. The summed E-state index contributed by atoms with van der Waals surface area (Å²) in [7, 11) is -1.78. The van der Waals surface area contributed by atoms with Gasteiger partial charge in [-0.15, -0.1) is 0 Å². The first kappa shape index (κ1) is 49.7. The van der Waals surface area contributed by atoms with E-state index < -0.39 is 63.6 Å². The maximum Gasteiger partial charge on any atom is 0.460 e. The van der Waals surface area contributed by atoms with Crippen LogP contribution in [0.2, 0.25) is 18.1 Å². The Morgan fingerprint density at radius 3 is 1.72 bits per heavy atom. The summed E-state index contributed by atoms with van der Waals surface area (Å²) in [6.45, 7) is 19.4. The molecule has 0 amide bonds. The van der Waals surface area contributed by atoms with Gasteiger partial charge in [0.25, 0.3) is 0 Å². The van der Waals surface area contributed by atoms with Crippen LogP contribution in [0.3, 0.4) is 0 Å². The van der Waals surface area contributed by atoms with E-state index in [-0.39, 0.29) is 29.4 Å². The van der Waals surface area contributed by atoms with Crippen LogP contribution in [-0.4, -0.2) is 63.4 Å². The van der Waals surface area contributed by atoms with Gasteiger partial charge in [-0.2, -0.15) is 57.1 Å². The lowest BCUT2D eigenvalue weighted by Crippen LogP contribution is -2.70. The Labute approximate surface area is 310 Å². The fourth-order valence-corrected chi connectivity index (χ4v) is 5.56. The van der Waals surface area contributed by atoms with Crippen LogP contribution in [0.4, 0.5) is 57.1 Å². The van der Waals surface area contributed by atoms with Gasteiger partial charge in [0.1, 0.15) is 5.75 Å². The van der Waals surface area contributed by atoms with Gasteiger partial charge >= 0.3 is 35.8 Å². The number of benzene rings is 1. The SMILES string of the molecule is C[C@H](C/C=C/[C@@H](C)C/C=C/[C@H](C)[C@@H](C)OCc1ccc(OCCCC(F)(F)C(F)(F)C(F)(F)C(F)(F)C(F)(F)C(F)(F)F)cc1)CO[Si](C)(C)C(C)(C)C. The molecule has 0 saturated carbocycles. The fourth-order valence-electron chi connectivity index (χ4n) is 4.43. The van der Waals surface area contributed by atoms with Crippen molar-refractivity contribution < 1.29 is 71.0 Å². The average Bonchev–Trinajstić information content (AvgIpc) is 3.03. The standard InChI is InChI=1S/C37H53F13O3Si/c1-25(13-10-15-26(2)23-53-54(8,9)31(5,6)7)14-11-16-27(3)28(4)52-24-29-17-19-30(20-18-29)51-22-12-21-32(38,39)33(40,41)34(42,43)35(44,45)36(46,47)37(48,49)50/h10-11,13,16-20,25-28H,12,14-15,21-24H2,1-9H3/b13-10+,16-11+/t25-,26-,27+,28-/m1/s1. The summed E-state index contributed by atoms with van der Waals surface area (Å²) in [4.78, 5) is 0. The van der Waals surface area contributed by atoms with Crippen LogP contribution in [0.15, 0.2) is 48.6 Å². The van der Waals surface area contributed by atoms with Gasteiger partial charge in [0.2, 0.25) is 0 Å². The Hall–Kier alpha value is -2.27. The number of alkyl halides is 13. The van der Waals surface area contributed by atoms with Crippen molar-refractivity contribution in [3.8, 4) is 5.75 Å². The number of ether oxygens (including phenoxy) is 2. The zero-order valence-electron chi connectivity index (χ0n) is 32.0. The molecule has 54 heavy (non-hydrogen) atoms. The minimum atomic E-state index is -7.91. The largest absolute Gasteiger partial charge is 0.494 e. The van der Waals surface area contributed by atoms with Gasteiger partial charge in [-0.05, 0) is 79.8 Å². The van der Waals surface area contributed by atoms with Gasteiger partial charge in [-0.1, -0.05) is 78.0 Å². The van der Waals surface area contributed by atoms with E-state index in [2.05, 4.69) is 72.0 Å². The van der Waals surface area contributed by atoms with Crippen LogP contribution < -0.4 is 4.74 Å². The van der Waals surface area contributed by atoms with E-state index in [4.69, 9.17) is 13.9 Å². The minimum absolute atomic E-state index is 0.0111. The highest BCUT2D eigenvalue weighted by molar-refractivity contribution is 6.74. The molecule has 0 spiro atoms. The van der Waals surface area contributed by atoms with Crippen molar-refractivity contribution >= 4 is 8.32 Å². The second kappa shape index (κ2) is 18.8. The number of hydrogen-bond donors (Lipinski definition) is 0. The lowest BCUT2D eigenvalue weighted by Gasteiger charge is -2.39. The van der Waals surface area contributed by atoms with E-state index in [1.165, 1.54) is 24.3 Å². The maximum absolute atomic E-state index is 14.0. The summed E-state index contributed by atoms with van der Waals surface area (Å²) < 4.78 is 190. The van der Waals surface area contributed by atoms with Crippen LogP contribution in [0.5, 0.6) is 5.75 Å². The Kier molecular flexibility index (Phi) is 17.3. The third kappa shape index (κ3) is 12.6. The average molecular weight is 821 g/mol. The van der Waals surface area contributed by atoms with Crippen LogP contribution in [-0.2, 0) is 15.8 Å².